The summed E-state index contributed by atoms with van der Waals surface area (Å²) in [6, 6.07) is 20.6. The lowest BCUT2D eigenvalue weighted by molar-refractivity contribution is -0.207. The van der Waals surface area contributed by atoms with Crippen molar-refractivity contribution in [3.63, 3.8) is 0 Å². The highest BCUT2D eigenvalue weighted by molar-refractivity contribution is 6.99. The average Bonchev–Trinajstić information content (AvgIpc) is 3.36. The van der Waals surface area contributed by atoms with Crippen molar-refractivity contribution in [2.75, 3.05) is 6.61 Å². The summed E-state index contributed by atoms with van der Waals surface area (Å²) < 4.78 is 13.5. The second kappa shape index (κ2) is 11.7. The average molecular weight is 617 g/mol. The number of aliphatic hydroxyl groups excluding tert-OH is 1. The van der Waals surface area contributed by atoms with Crippen LogP contribution in [0.2, 0.25) is 5.04 Å². The van der Waals surface area contributed by atoms with E-state index in [1.165, 1.54) is 0 Å². The van der Waals surface area contributed by atoms with E-state index in [-0.39, 0.29) is 40.6 Å². The standard InChI is InChI=1S/C38H52O5Si/c1-9-36(7)24-31(37(8)26(2)20-22-38(27(3)34(36)41)23-21-30(39)33(37)38)43-32(40)25-42-44(35(4,5)6,28-16-12-10-13-17-28)29-18-14-11-15-19-29/h9-19,26-27,31,33-34,41H,1,20-25H2,2-8H3/t26-,27+,31-,33?,34+,36-,37+,38-/m1/s1. The van der Waals surface area contributed by atoms with Crippen LogP contribution in [0.5, 0.6) is 0 Å². The summed E-state index contributed by atoms with van der Waals surface area (Å²) in [5.41, 5.74) is -1.54. The third kappa shape index (κ3) is 4.96. The lowest BCUT2D eigenvalue weighted by atomic mass is 9.44. The summed E-state index contributed by atoms with van der Waals surface area (Å²) in [7, 11) is -2.95. The van der Waals surface area contributed by atoms with Crippen LogP contribution in [0.1, 0.15) is 80.6 Å². The van der Waals surface area contributed by atoms with Gasteiger partial charge in [-0.25, -0.2) is 4.79 Å². The molecule has 2 bridgehead atoms. The predicted molar refractivity (Wildman–Crippen MR) is 178 cm³/mol. The van der Waals surface area contributed by atoms with Gasteiger partial charge in [0.05, 0.1) is 6.10 Å². The van der Waals surface area contributed by atoms with Crippen molar-refractivity contribution in [3.05, 3.63) is 73.3 Å². The quantitative estimate of drug-likeness (QED) is 0.219. The number of carbonyl (C=O) groups is 2. The van der Waals surface area contributed by atoms with Gasteiger partial charge in [0.25, 0.3) is 8.32 Å². The SMILES string of the molecule is C=C[C@]1(C)C[C@@H](OC(=O)CO[Si](c2ccccc2)(c2ccccc2)C(C)(C)C)[C@@]2(C)C3C(=O)CC[C@]3(CC[C@H]2C)[C@@H](C)[C@@H]1O. The van der Waals surface area contributed by atoms with Gasteiger partial charge in [-0.1, -0.05) is 115 Å². The fraction of sp³-hybridized carbons (Fsp3) is 0.579. The van der Waals surface area contributed by atoms with Gasteiger partial charge in [-0.2, -0.15) is 0 Å². The molecule has 3 aliphatic carbocycles. The number of aliphatic hydroxyl groups is 1. The first-order valence-electron chi connectivity index (χ1n) is 16.5. The molecule has 3 fully saturated rings. The molecule has 0 radical (unpaired) electrons. The van der Waals surface area contributed by atoms with Crippen molar-refractivity contribution < 1.29 is 23.9 Å². The van der Waals surface area contributed by atoms with Gasteiger partial charge in [0.15, 0.2) is 0 Å². The van der Waals surface area contributed by atoms with Crippen LogP contribution in [0, 0.1) is 34.0 Å². The molecule has 44 heavy (non-hydrogen) atoms. The van der Waals surface area contributed by atoms with E-state index in [1.807, 2.05) is 49.4 Å². The number of carbonyl (C=O) groups excluding carboxylic acids is 2. The molecule has 1 unspecified atom stereocenters. The van der Waals surface area contributed by atoms with Crippen molar-refractivity contribution in [1.82, 2.24) is 0 Å². The topological polar surface area (TPSA) is 72.8 Å². The summed E-state index contributed by atoms with van der Waals surface area (Å²) >= 11 is 0. The first-order valence-corrected chi connectivity index (χ1v) is 18.4. The van der Waals surface area contributed by atoms with Crippen LogP contribution >= 0.6 is 0 Å². The fourth-order valence-electron chi connectivity index (χ4n) is 9.62. The number of Topliss-reactive ketones (excluding diaryl/α,β-unsaturated/α-hetero) is 1. The Bertz CT molecular complexity index is 1330. The minimum absolute atomic E-state index is 0.0658. The molecule has 238 valence electrons. The van der Waals surface area contributed by atoms with Gasteiger partial charge in [0.2, 0.25) is 0 Å². The molecule has 5 rings (SSSR count). The highest BCUT2D eigenvalue weighted by Crippen LogP contribution is 2.68. The van der Waals surface area contributed by atoms with Crippen LogP contribution in [-0.4, -0.2) is 44.0 Å². The summed E-state index contributed by atoms with van der Waals surface area (Å²) in [6.07, 6.45) is 4.14. The number of ether oxygens (including phenoxy) is 1. The number of esters is 1. The largest absolute Gasteiger partial charge is 0.460 e. The van der Waals surface area contributed by atoms with Gasteiger partial charge >= 0.3 is 5.97 Å². The smallest absolute Gasteiger partial charge is 0.331 e. The van der Waals surface area contributed by atoms with E-state index in [4.69, 9.17) is 9.16 Å². The molecule has 2 aromatic carbocycles. The van der Waals surface area contributed by atoms with Gasteiger partial charge in [-0.15, -0.1) is 6.58 Å². The molecule has 0 heterocycles. The van der Waals surface area contributed by atoms with E-state index in [9.17, 15) is 14.7 Å². The van der Waals surface area contributed by atoms with E-state index >= 15 is 0 Å². The molecule has 0 aromatic heterocycles. The molecule has 0 aliphatic heterocycles. The molecule has 3 aliphatic rings. The fourth-order valence-corrected chi connectivity index (χ4v) is 14.1. The molecule has 5 nitrogen and oxygen atoms in total. The summed E-state index contributed by atoms with van der Waals surface area (Å²) in [6.45, 7) is 19.0. The van der Waals surface area contributed by atoms with Crippen LogP contribution in [0.25, 0.3) is 0 Å². The second-order valence-corrected chi connectivity index (χ2v) is 19.8. The highest BCUT2D eigenvalue weighted by Gasteiger charge is 2.68. The molecule has 2 aromatic rings. The van der Waals surface area contributed by atoms with Crippen LogP contribution in [0.4, 0.5) is 0 Å². The number of hydrogen-bond donors (Lipinski definition) is 1. The number of ketones is 1. The van der Waals surface area contributed by atoms with E-state index < -0.39 is 37.3 Å². The zero-order valence-corrected chi connectivity index (χ0v) is 28.8. The minimum Gasteiger partial charge on any atom is -0.460 e. The van der Waals surface area contributed by atoms with Gasteiger partial charge in [-0.05, 0) is 58.3 Å². The third-order valence-electron chi connectivity index (χ3n) is 12.4. The lowest BCUT2D eigenvalue weighted by Gasteiger charge is -2.61. The molecule has 3 saturated carbocycles. The molecular weight excluding hydrogens is 564 g/mol. The van der Waals surface area contributed by atoms with E-state index in [0.717, 1.165) is 29.6 Å². The van der Waals surface area contributed by atoms with Crippen molar-refractivity contribution in [2.24, 2.45) is 34.0 Å². The van der Waals surface area contributed by atoms with Gasteiger partial charge in [-0.3, -0.25) is 4.79 Å². The van der Waals surface area contributed by atoms with Crippen molar-refractivity contribution in [1.29, 1.82) is 0 Å². The highest BCUT2D eigenvalue weighted by atomic mass is 28.4. The molecule has 0 saturated heterocycles. The van der Waals surface area contributed by atoms with Crippen LogP contribution < -0.4 is 10.4 Å². The van der Waals surface area contributed by atoms with E-state index in [1.54, 1.807) is 0 Å². The Morgan fingerprint density at radius 1 is 1.02 bits per heavy atom. The maximum atomic E-state index is 14.1. The van der Waals surface area contributed by atoms with Crippen molar-refractivity contribution >= 4 is 30.4 Å². The Labute approximate surface area is 265 Å². The monoisotopic (exact) mass is 616 g/mol. The van der Waals surface area contributed by atoms with E-state index in [0.29, 0.717) is 12.8 Å². The van der Waals surface area contributed by atoms with Gasteiger partial charge in [0, 0.05) is 23.2 Å². The van der Waals surface area contributed by atoms with Crippen LogP contribution in [0.3, 0.4) is 0 Å². The summed E-state index contributed by atoms with van der Waals surface area (Å²) in [4.78, 5) is 27.8. The molecule has 6 heteroatoms. The maximum Gasteiger partial charge on any atom is 0.331 e. The zero-order valence-electron chi connectivity index (χ0n) is 27.8. The lowest BCUT2D eigenvalue weighted by Crippen LogP contribution is -2.67. The first-order chi connectivity index (χ1) is 20.7. The Morgan fingerprint density at radius 2 is 1.59 bits per heavy atom. The Morgan fingerprint density at radius 3 is 2.11 bits per heavy atom. The normalized spacial score (nSPS) is 35.7. The van der Waals surface area contributed by atoms with Crippen LogP contribution in [-0.2, 0) is 18.8 Å². The number of benzene rings is 2. The van der Waals surface area contributed by atoms with Gasteiger partial charge < -0.3 is 14.3 Å². The molecule has 0 amide bonds. The molecule has 8 atom stereocenters. The summed E-state index contributed by atoms with van der Waals surface area (Å²) in [5.74, 6) is -0.316. The van der Waals surface area contributed by atoms with Crippen molar-refractivity contribution in [2.45, 2.75) is 97.8 Å². The molecule has 1 N–H and O–H groups in total. The Hall–Kier alpha value is -2.54. The number of hydrogen-bond acceptors (Lipinski definition) is 5. The molecule has 0 spiro atoms. The maximum absolute atomic E-state index is 14.1. The van der Waals surface area contributed by atoms with Gasteiger partial charge in [0.1, 0.15) is 18.5 Å². The number of rotatable bonds is 7. The predicted octanol–water partition coefficient (Wildman–Crippen LogP) is 6.47. The Kier molecular flexibility index (Phi) is 8.71. The first kappa shape index (κ1) is 32.8. The van der Waals surface area contributed by atoms with Crippen molar-refractivity contribution in [3.8, 4) is 0 Å². The Balaban J connectivity index is 1.53. The second-order valence-electron chi connectivity index (χ2n) is 15.5. The minimum atomic E-state index is -2.95. The zero-order chi connectivity index (χ0) is 32.1. The van der Waals surface area contributed by atoms with Crippen LogP contribution in [0.15, 0.2) is 73.3 Å². The molecular formula is C38H52O5Si. The third-order valence-corrected chi connectivity index (χ3v) is 17.4. The summed E-state index contributed by atoms with van der Waals surface area (Å²) in [5, 5.41) is 13.8. The van der Waals surface area contributed by atoms with E-state index in [2.05, 4.69) is 72.4 Å².